The van der Waals surface area contributed by atoms with Gasteiger partial charge in [-0.2, -0.15) is 0 Å². The van der Waals surface area contributed by atoms with Gasteiger partial charge < -0.3 is 0 Å². The van der Waals surface area contributed by atoms with Crippen LogP contribution in [0.1, 0.15) is 12.6 Å². The Morgan fingerprint density at radius 2 is 1.61 bits per heavy atom. The highest BCUT2D eigenvalue weighted by molar-refractivity contribution is 5.77. The lowest BCUT2D eigenvalue weighted by Gasteiger charge is -2.07. The summed E-state index contributed by atoms with van der Waals surface area (Å²) in [6, 6.07) is 13.8. The topological polar surface area (TPSA) is 38.7 Å². The van der Waals surface area contributed by atoms with E-state index in [-0.39, 0.29) is 0 Å². The Kier molecular flexibility index (Phi) is 2.73. The van der Waals surface area contributed by atoms with Crippen LogP contribution < -0.4 is 0 Å². The van der Waals surface area contributed by atoms with E-state index in [4.69, 9.17) is 4.98 Å². The SMILES string of the molecule is CCc1nc2ccccc2nc1-c1ccccn1. The van der Waals surface area contributed by atoms with Gasteiger partial charge in [-0.15, -0.1) is 0 Å². The Hall–Kier alpha value is -2.29. The van der Waals surface area contributed by atoms with Gasteiger partial charge in [0.2, 0.25) is 0 Å². The Balaban J connectivity index is 2.27. The van der Waals surface area contributed by atoms with Gasteiger partial charge in [0.15, 0.2) is 0 Å². The Labute approximate surface area is 106 Å². The number of nitrogens with zero attached hydrogens (tertiary/aromatic N) is 3. The summed E-state index contributed by atoms with van der Waals surface area (Å²) in [5.41, 5.74) is 4.61. The normalized spacial score (nSPS) is 10.7. The van der Waals surface area contributed by atoms with Crippen molar-refractivity contribution in [3.63, 3.8) is 0 Å². The molecule has 0 aliphatic rings. The molecule has 2 aromatic heterocycles. The van der Waals surface area contributed by atoms with Crippen molar-refractivity contribution in [3.05, 3.63) is 54.4 Å². The number of fused-ring (bicyclic) bond motifs is 1. The average molecular weight is 235 g/mol. The van der Waals surface area contributed by atoms with Gasteiger partial charge in [0, 0.05) is 6.20 Å². The van der Waals surface area contributed by atoms with Crippen LogP contribution in [0.2, 0.25) is 0 Å². The van der Waals surface area contributed by atoms with Crippen molar-refractivity contribution in [1.29, 1.82) is 0 Å². The molecule has 0 bridgehead atoms. The van der Waals surface area contributed by atoms with Crippen molar-refractivity contribution < 1.29 is 0 Å². The van der Waals surface area contributed by atoms with Crippen LogP contribution in [-0.2, 0) is 6.42 Å². The zero-order valence-corrected chi connectivity index (χ0v) is 10.2. The van der Waals surface area contributed by atoms with Crippen LogP contribution in [-0.4, -0.2) is 15.0 Å². The van der Waals surface area contributed by atoms with Gasteiger partial charge in [-0.25, -0.2) is 9.97 Å². The molecule has 3 heteroatoms. The van der Waals surface area contributed by atoms with E-state index in [9.17, 15) is 0 Å². The highest BCUT2D eigenvalue weighted by atomic mass is 14.9. The molecular formula is C15H13N3. The fourth-order valence-corrected chi connectivity index (χ4v) is 1.99. The number of pyridine rings is 1. The third-order valence-electron chi connectivity index (χ3n) is 2.89. The predicted molar refractivity (Wildman–Crippen MR) is 72.1 cm³/mol. The zero-order chi connectivity index (χ0) is 12.4. The summed E-state index contributed by atoms with van der Waals surface area (Å²) in [7, 11) is 0. The highest BCUT2D eigenvalue weighted by Crippen LogP contribution is 2.21. The van der Waals surface area contributed by atoms with Gasteiger partial charge >= 0.3 is 0 Å². The summed E-state index contributed by atoms with van der Waals surface area (Å²) in [5.74, 6) is 0. The Morgan fingerprint density at radius 3 is 2.28 bits per heavy atom. The molecule has 0 aliphatic heterocycles. The van der Waals surface area contributed by atoms with Gasteiger partial charge in [-0.1, -0.05) is 25.1 Å². The van der Waals surface area contributed by atoms with Gasteiger partial charge in [0.1, 0.15) is 5.69 Å². The standard InChI is InChI=1S/C15H13N3/c1-2-11-15(14-9-5-6-10-16-14)18-13-8-4-3-7-12(13)17-11/h3-10H,2H2,1H3. The quantitative estimate of drug-likeness (QED) is 0.684. The minimum atomic E-state index is 0.851. The highest BCUT2D eigenvalue weighted by Gasteiger charge is 2.09. The molecule has 1 aromatic carbocycles. The van der Waals surface area contributed by atoms with E-state index in [1.165, 1.54) is 0 Å². The monoisotopic (exact) mass is 235 g/mol. The fraction of sp³-hybridized carbons (Fsp3) is 0.133. The average Bonchev–Trinajstić information content (AvgIpc) is 2.46. The molecule has 0 N–H and O–H groups in total. The van der Waals surface area contributed by atoms with E-state index in [1.807, 2.05) is 42.5 Å². The minimum Gasteiger partial charge on any atom is -0.255 e. The van der Waals surface area contributed by atoms with Gasteiger partial charge in [-0.05, 0) is 30.7 Å². The number of benzene rings is 1. The number of aryl methyl sites for hydroxylation is 1. The Morgan fingerprint density at radius 1 is 0.889 bits per heavy atom. The third kappa shape index (κ3) is 1.84. The third-order valence-corrected chi connectivity index (χ3v) is 2.89. The van der Waals surface area contributed by atoms with E-state index < -0.39 is 0 Å². The van der Waals surface area contributed by atoms with Crippen LogP contribution >= 0.6 is 0 Å². The van der Waals surface area contributed by atoms with Crippen LogP contribution in [0.3, 0.4) is 0 Å². The first-order valence-corrected chi connectivity index (χ1v) is 6.05. The lowest BCUT2D eigenvalue weighted by Crippen LogP contribution is -1.98. The second-order valence-electron chi connectivity index (χ2n) is 4.08. The molecule has 88 valence electrons. The van der Waals surface area contributed by atoms with Crippen molar-refractivity contribution in [1.82, 2.24) is 15.0 Å². The molecular weight excluding hydrogens is 222 g/mol. The molecule has 0 unspecified atom stereocenters. The molecule has 0 fully saturated rings. The van der Waals surface area contributed by atoms with E-state index in [0.29, 0.717) is 0 Å². The van der Waals surface area contributed by atoms with Crippen LogP contribution in [0.15, 0.2) is 48.7 Å². The number of hydrogen-bond donors (Lipinski definition) is 0. The lowest BCUT2D eigenvalue weighted by atomic mass is 10.1. The summed E-state index contributed by atoms with van der Waals surface area (Å²) in [6.45, 7) is 2.09. The molecule has 3 aromatic rings. The predicted octanol–water partition coefficient (Wildman–Crippen LogP) is 3.25. The number of rotatable bonds is 2. The van der Waals surface area contributed by atoms with E-state index >= 15 is 0 Å². The molecule has 3 nitrogen and oxygen atoms in total. The van der Waals surface area contributed by atoms with Crippen LogP contribution in [0, 0.1) is 0 Å². The van der Waals surface area contributed by atoms with Gasteiger partial charge in [-0.3, -0.25) is 4.98 Å². The summed E-state index contributed by atoms with van der Waals surface area (Å²) in [6.07, 6.45) is 2.63. The minimum absolute atomic E-state index is 0.851. The van der Waals surface area contributed by atoms with E-state index in [2.05, 4.69) is 16.9 Å². The first-order valence-electron chi connectivity index (χ1n) is 6.05. The fourth-order valence-electron chi connectivity index (χ4n) is 1.99. The molecule has 0 atom stereocenters. The maximum absolute atomic E-state index is 4.69. The summed E-state index contributed by atoms with van der Waals surface area (Å²) in [4.78, 5) is 13.7. The van der Waals surface area contributed by atoms with Crippen molar-refractivity contribution in [2.45, 2.75) is 13.3 Å². The zero-order valence-electron chi connectivity index (χ0n) is 10.2. The van der Waals surface area contributed by atoms with Crippen molar-refractivity contribution in [2.24, 2.45) is 0 Å². The van der Waals surface area contributed by atoms with Crippen LogP contribution in [0.25, 0.3) is 22.4 Å². The largest absolute Gasteiger partial charge is 0.255 e. The van der Waals surface area contributed by atoms with Crippen molar-refractivity contribution >= 4 is 11.0 Å². The maximum Gasteiger partial charge on any atom is 0.111 e. The lowest BCUT2D eigenvalue weighted by molar-refractivity contribution is 1.03. The number of aromatic nitrogens is 3. The van der Waals surface area contributed by atoms with Crippen molar-refractivity contribution in [2.75, 3.05) is 0 Å². The van der Waals surface area contributed by atoms with Gasteiger partial charge in [0.05, 0.1) is 22.4 Å². The summed E-state index contributed by atoms with van der Waals surface area (Å²) in [5, 5.41) is 0. The van der Waals surface area contributed by atoms with Crippen LogP contribution in [0.4, 0.5) is 0 Å². The Bertz CT molecular complexity index is 678. The molecule has 0 amide bonds. The van der Waals surface area contributed by atoms with Crippen LogP contribution in [0.5, 0.6) is 0 Å². The first kappa shape index (κ1) is 10.8. The molecule has 2 heterocycles. The molecule has 3 rings (SSSR count). The number of hydrogen-bond acceptors (Lipinski definition) is 3. The second-order valence-corrected chi connectivity index (χ2v) is 4.08. The molecule has 0 saturated heterocycles. The molecule has 18 heavy (non-hydrogen) atoms. The number of para-hydroxylation sites is 2. The smallest absolute Gasteiger partial charge is 0.111 e. The molecule has 0 aliphatic carbocycles. The van der Waals surface area contributed by atoms with Crippen molar-refractivity contribution in [3.8, 4) is 11.4 Å². The first-order chi connectivity index (χ1) is 8.88. The molecule has 0 radical (unpaired) electrons. The molecule has 0 saturated carbocycles. The molecule has 0 spiro atoms. The maximum atomic E-state index is 4.69. The van der Waals surface area contributed by atoms with E-state index in [1.54, 1.807) is 6.20 Å². The summed E-state index contributed by atoms with van der Waals surface area (Å²) < 4.78 is 0. The van der Waals surface area contributed by atoms with E-state index in [0.717, 1.165) is 34.5 Å². The summed E-state index contributed by atoms with van der Waals surface area (Å²) >= 11 is 0. The second kappa shape index (κ2) is 4.53. The van der Waals surface area contributed by atoms with Gasteiger partial charge in [0.25, 0.3) is 0 Å².